The second-order valence-electron chi connectivity index (χ2n) is 11.4. The van der Waals surface area contributed by atoms with Crippen molar-refractivity contribution < 1.29 is 0 Å². The normalized spacial score (nSPS) is 14.6. The quantitative estimate of drug-likeness (QED) is 0.215. The van der Waals surface area contributed by atoms with Crippen LogP contribution in [0, 0.1) is 0 Å². The topological polar surface area (TPSA) is 6.48 Å². The van der Waals surface area contributed by atoms with E-state index in [4.69, 9.17) is 0 Å². The predicted molar refractivity (Wildman–Crippen MR) is 174 cm³/mol. The molecule has 7 rings (SSSR count). The highest BCUT2D eigenvalue weighted by molar-refractivity contribution is 5.87. The third-order valence-electron chi connectivity index (χ3n) is 8.48. The summed E-state index contributed by atoms with van der Waals surface area (Å²) in [7, 11) is 0. The lowest BCUT2D eigenvalue weighted by Gasteiger charge is -2.30. The second kappa shape index (κ2) is 10.3. The van der Waals surface area contributed by atoms with Crippen LogP contribution in [-0.2, 0) is 5.41 Å². The van der Waals surface area contributed by atoms with Crippen LogP contribution in [0.5, 0.6) is 0 Å². The molecule has 5 aromatic carbocycles. The SMILES string of the molecule is CC1(C)c2cc(N(C3=CC=CCC3)c3ccccc3)ccc2-c2ccc(N(c3ccccc3)c3ccccc3)cc21. The molecule has 0 heterocycles. The molecule has 2 nitrogen and oxygen atoms in total. The number of anilines is 5. The van der Waals surface area contributed by atoms with Crippen molar-refractivity contribution in [1.29, 1.82) is 0 Å². The molecule has 0 amide bonds. The average molecular weight is 531 g/mol. The number of benzene rings is 5. The molecule has 2 heteroatoms. The third-order valence-corrected chi connectivity index (χ3v) is 8.48. The summed E-state index contributed by atoms with van der Waals surface area (Å²) < 4.78 is 0. The molecule has 41 heavy (non-hydrogen) atoms. The van der Waals surface area contributed by atoms with Crippen molar-refractivity contribution in [3.8, 4) is 11.1 Å². The number of allylic oxidation sites excluding steroid dienone is 4. The Bertz CT molecular complexity index is 1710. The van der Waals surface area contributed by atoms with Gasteiger partial charge in [-0.3, -0.25) is 0 Å². The Morgan fingerprint density at radius 2 is 0.976 bits per heavy atom. The standard InChI is InChI=1S/C39H34N2/c1-39(2)37-27-33(40(29-15-7-3-8-16-29)30-17-9-4-10-18-30)23-25-35(37)36-26-24-34(28-38(36)39)41(31-19-11-5-12-20-31)32-21-13-6-14-22-32/h3-13,15-21,23-28H,14,22H2,1-2H3. The Labute approximate surface area is 243 Å². The van der Waals surface area contributed by atoms with Crippen LogP contribution in [0.3, 0.4) is 0 Å². The summed E-state index contributed by atoms with van der Waals surface area (Å²) in [6, 6.07) is 46.1. The van der Waals surface area contributed by atoms with E-state index in [1.54, 1.807) is 0 Å². The van der Waals surface area contributed by atoms with Gasteiger partial charge in [0.2, 0.25) is 0 Å². The maximum absolute atomic E-state index is 2.43. The van der Waals surface area contributed by atoms with E-state index in [1.807, 2.05) is 0 Å². The number of nitrogens with zero attached hydrogens (tertiary/aromatic N) is 2. The largest absolute Gasteiger partial charge is 0.314 e. The molecule has 0 saturated heterocycles. The second-order valence-corrected chi connectivity index (χ2v) is 11.4. The zero-order chi connectivity index (χ0) is 27.8. The van der Waals surface area contributed by atoms with E-state index in [-0.39, 0.29) is 5.41 Å². The van der Waals surface area contributed by atoms with Crippen molar-refractivity contribution in [2.24, 2.45) is 0 Å². The van der Waals surface area contributed by atoms with Crippen molar-refractivity contribution in [3.05, 3.63) is 162 Å². The molecule has 0 spiro atoms. The first-order chi connectivity index (χ1) is 20.1. The maximum Gasteiger partial charge on any atom is 0.0465 e. The van der Waals surface area contributed by atoms with Gasteiger partial charge in [-0.25, -0.2) is 0 Å². The van der Waals surface area contributed by atoms with Gasteiger partial charge in [-0.1, -0.05) is 92.7 Å². The Balaban J connectivity index is 1.33. The first-order valence-corrected chi connectivity index (χ1v) is 14.5. The lowest BCUT2D eigenvalue weighted by molar-refractivity contribution is 0.660. The highest BCUT2D eigenvalue weighted by Crippen LogP contribution is 2.52. The third kappa shape index (κ3) is 4.46. The van der Waals surface area contributed by atoms with Gasteiger partial charge in [0.15, 0.2) is 0 Å². The van der Waals surface area contributed by atoms with Gasteiger partial charge < -0.3 is 9.80 Å². The molecule has 0 unspecified atom stereocenters. The van der Waals surface area contributed by atoms with Gasteiger partial charge in [0, 0.05) is 39.5 Å². The fourth-order valence-electron chi connectivity index (χ4n) is 6.43. The molecule has 0 atom stereocenters. The zero-order valence-corrected chi connectivity index (χ0v) is 23.7. The monoisotopic (exact) mass is 530 g/mol. The zero-order valence-electron chi connectivity index (χ0n) is 23.7. The van der Waals surface area contributed by atoms with E-state index in [9.17, 15) is 0 Å². The molecule has 0 aliphatic heterocycles. The van der Waals surface area contributed by atoms with Crippen LogP contribution >= 0.6 is 0 Å². The lowest BCUT2D eigenvalue weighted by atomic mass is 9.82. The molecule has 0 radical (unpaired) electrons. The molecular formula is C39H34N2. The number of hydrogen-bond acceptors (Lipinski definition) is 2. The van der Waals surface area contributed by atoms with E-state index < -0.39 is 0 Å². The van der Waals surface area contributed by atoms with Crippen LogP contribution in [0.25, 0.3) is 11.1 Å². The first-order valence-electron chi connectivity index (χ1n) is 14.5. The van der Waals surface area contributed by atoms with Crippen LogP contribution in [0.4, 0.5) is 28.4 Å². The molecule has 0 N–H and O–H groups in total. The molecule has 5 aromatic rings. The van der Waals surface area contributed by atoms with Crippen molar-refractivity contribution in [2.75, 3.05) is 9.80 Å². The fraction of sp³-hybridized carbons (Fsp3) is 0.128. The molecule has 0 fully saturated rings. The van der Waals surface area contributed by atoms with E-state index in [2.05, 4.69) is 169 Å². The van der Waals surface area contributed by atoms with Crippen molar-refractivity contribution >= 4 is 28.4 Å². The molecule has 0 bridgehead atoms. The minimum Gasteiger partial charge on any atom is -0.314 e. The average Bonchev–Trinajstić information content (AvgIpc) is 3.25. The Hall–Kier alpha value is -4.82. The summed E-state index contributed by atoms with van der Waals surface area (Å²) in [4.78, 5) is 4.78. The van der Waals surface area contributed by atoms with Crippen LogP contribution in [0.1, 0.15) is 37.8 Å². The lowest BCUT2D eigenvalue weighted by Crippen LogP contribution is -2.19. The molecule has 2 aliphatic carbocycles. The first kappa shape index (κ1) is 25.2. The van der Waals surface area contributed by atoms with Gasteiger partial charge >= 0.3 is 0 Å². The smallest absolute Gasteiger partial charge is 0.0465 e. The molecule has 0 aromatic heterocycles. The van der Waals surface area contributed by atoms with Crippen LogP contribution < -0.4 is 9.80 Å². The van der Waals surface area contributed by atoms with Crippen molar-refractivity contribution in [1.82, 2.24) is 0 Å². The van der Waals surface area contributed by atoms with E-state index in [1.165, 1.54) is 45.0 Å². The number of fused-ring (bicyclic) bond motifs is 3. The summed E-state index contributed by atoms with van der Waals surface area (Å²) in [5.41, 5.74) is 12.5. The number of hydrogen-bond donors (Lipinski definition) is 0. The minimum absolute atomic E-state index is 0.140. The number of para-hydroxylation sites is 3. The Morgan fingerprint density at radius 1 is 0.512 bits per heavy atom. The van der Waals surface area contributed by atoms with E-state index in [0.29, 0.717) is 0 Å². The van der Waals surface area contributed by atoms with Gasteiger partial charge in [-0.15, -0.1) is 0 Å². The minimum atomic E-state index is -0.140. The summed E-state index contributed by atoms with van der Waals surface area (Å²) in [5.74, 6) is 0. The van der Waals surface area contributed by atoms with E-state index in [0.717, 1.165) is 24.2 Å². The molecule has 0 saturated carbocycles. The molecule has 2 aliphatic rings. The van der Waals surface area contributed by atoms with Gasteiger partial charge in [0.1, 0.15) is 0 Å². The Kier molecular flexibility index (Phi) is 6.32. The molecular weight excluding hydrogens is 496 g/mol. The number of rotatable bonds is 6. The fourth-order valence-corrected chi connectivity index (χ4v) is 6.43. The van der Waals surface area contributed by atoms with E-state index >= 15 is 0 Å². The summed E-state index contributed by atoms with van der Waals surface area (Å²) in [6.07, 6.45) is 8.80. The van der Waals surface area contributed by atoms with Gasteiger partial charge in [0.25, 0.3) is 0 Å². The molecule has 200 valence electrons. The van der Waals surface area contributed by atoms with Crippen molar-refractivity contribution in [3.63, 3.8) is 0 Å². The summed E-state index contributed by atoms with van der Waals surface area (Å²) in [6.45, 7) is 4.74. The maximum atomic E-state index is 2.43. The van der Waals surface area contributed by atoms with Gasteiger partial charge in [0.05, 0.1) is 0 Å². The van der Waals surface area contributed by atoms with Gasteiger partial charge in [-0.05, 0) is 102 Å². The van der Waals surface area contributed by atoms with Crippen LogP contribution in [-0.4, -0.2) is 0 Å². The van der Waals surface area contributed by atoms with Crippen LogP contribution in [0.15, 0.2) is 151 Å². The predicted octanol–water partition coefficient (Wildman–Crippen LogP) is 10.8. The van der Waals surface area contributed by atoms with Crippen LogP contribution in [0.2, 0.25) is 0 Å². The Morgan fingerprint density at radius 3 is 1.44 bits per heavy atom. The van der Waals surface area contributed by atoms with Gasteiger partial charge in [-0.2, -0.15) is 0 Å². The highest BCUT2D eigenvalue weighted by Gasteiger charge is 2.37. The van der Waals surface area contributed by atoms with Crippen molar-refractivity contribution in [2.45, 2.75) is 32.1 Å². The summed E-state index contributed by atoms with van der Waals surface area (Å²) >= 11 is 0. The summed E-state index contributed by atoms with van der Waals surface area (Å²) in [5, 5.41) is 0. The highest BCUT2D eigenvalue weighted by atomic mass is 15.2.